The quantitative estimate of drug-likeness (QED) is 0.854. The molecule has 0 aliphatic carbocycles. The van der Waals surface area contributed by atoms with Crippen LogP contribution >= 0.6 is 15.9 Å². The second-order valence-corrected chi connectivity index (χ2v) is 3.95. The van der Waals surface area contributed by atoms with Gasteiger partial charge in [-0.15, -0.1) is 13.2 Å². The van der Waals surface area contributed by atoms with Crippen LogP contribution < -0.4 is 4.74 Å². The van der Waals surface area contributed by atoms with Crippen LogP contribution in [0.1, 0.15) is 12.5 Å². The Morgan fingerprint density at radius 1 is 1.44 bits per heavy atom. The molecular formula is C10H8BrF3O2. The Bertz CT molecular complexity index is 402. The number of hydrogen-bond acceptors (Lipinski definition) is 2. The summed E-state index contributed by atoms with van der Waals surface area (Å²) in [4.78, 5) is 10.9. The number of carbonyl (C=O) groups is 1. The van der Waals surface area contributed by atoms with Crippen molar-refractivity contribution in [3.8, 4) is 5.75 Å². The molecule has 0 saturated heterocycles. The maximum Gasteiger partial charge on any atom is 0.573 e. The average molecular weight is 297 g/mol. The lowest BCUT2D eigenvalue weighted by atomic mass is 10.1. The monoisotopic (exact) mass is 296 g/mol. The Balaban J connectivity index is 2.99. The number of halogens is 4. The zero-order valence-corrected chi connectivity index (χ0v) is 9.85. The molecular weight excluding hydrogens is 289 g/mol. The van der Waals surface area contributed by atoms with E-state index in [-0.39, 0.29) is 22.4 Å². The van der Waals surface area contributed by atoms with Crippen molar-refractivity contribution in [2.75, 3.05) is 0 Å². The summed E-state index contributed by atoms with van der Waals surface area (Å²) in [6.07, 6.45) is -4.67. The molecule has 0 fully saturated rings. The molecule has 1 aromatic rings. The molecule has 1 aromatic carbocycles. The molecule has 0 N–H and O–H groups in total. The third-order valence-electron chi connectivity index (χ3n) is 1.71. The fourth-order valence-corrected chi connectivity index (χ4v) is 1.65. The highest BCUT2D eigenvalue weighted by Crippen LogP contribution is 2.33. The highest BCUT2D eigenvalue weighted by molar-refractivity contribution is 9.10. The molecule has 16 heavy (non-hydrogen) atoms. The SMILES string of the molecule is CC(=O)Cc1cccc(OC(F)(F)F)c1Br. The molecule has 6 heteroatoms. The molecule has 0 bridgehead atoms. The number of hydrogen-bond donors (Lipinski definition) is 0. The van der Waals surface area contributed by atoms with Gasteiger partial charge >= 0.3 is 6.36 Å². The first-order valence-electron chi connectivity index (χ1n) is 4.32. The molecule has 88 valence electrons. The van der Waals surface area contributed by atoms with E-state index < -0.39 is 6.36 Å². The van der Waals surface area contributed by atoms with Gasteiger partial charge in [0.2, 0.25) is 0 Å². The van der Waals surface area contributed by atoms with E-state index in [4.69, 9.17) is 0 Å². The first-order valence-corrected chi connectivity index (χ1v) is 5.11. The molecule has 0 saturated carbocycles. The maximum atomic E-state index is 12.0. The number of carbonyl (C=O) groups excluding carboxylic acids is 1. The summed E-state index contributed by atoms with van der Waals surface area (Å²) in [6, 6.07) is 4.15. The number of ether oxygens (including phenoxy) is 1. The zero-order valence-electron chi connectivity index (χ0n) is 8.27. The summed E-state index contributed by atoms with van der Waals surface area (Å²) in [5.41, 5.74) is 0.467. The van der Waals surface area contributed by atoms with E-state index in [1.165, 1.54) is 19.1 Å². The van der Waals surface area contributed by atoms with Crippen LogP contribution in [-0.4, -0.2) is 12.1 Å². The normalized spacial score (nSPS) is 11.3. The lowest BCUT2D eigenvalue weighted by molar-refractivity contribution is -0.274. The summed E-state index contributed by atoms with van der Waals surface area (Å²) in [5.74, 6) is -0.476. The molecule has 0 aromatic heterocycles. The van der Waals surface area contributed by atoms with Crippen molar-refractivity contribution >= 4 is 21.7 Å². The standard InChI is InChI=1S/C10H8BrF3O2/c1-6(15)5-7-3-2-4-8(9(7)11)16-10(12,13)14/h2-4H,5H2,1H3. The average Bonchev–Trinajstić information content (AvgIpc) is 2.09. The van der Waals surface area contributed by atoms with Crippen molar-refractivity contribution in [1.82, 2.24) is 0 Å². The highest BCUT2D eigenvalue weighted by atomic mass is 79.9. The number of benzene rings is 1. The van der Waals surface area contributed by atoms with Crippen LogP contribution in [0.3, 0.4) is 0 Å². The zero-order chi connectivity index (χ0) is 12.3. The van der Waals surface area contributed by atoms with E-state index in [1.807, 2.05) is 0 Å². The van der Waals surface area contributed by atoms with Gasteiger partial charge in [0, 0.05) is 6.42 Å². The van der Waals surface area contributed by atoms with Gasteiger partial charge in [0.25, 0.3) is 0 Å². The van der Waals surface area contributed by atoms with Crippen molar-refractivity contribution in [2.45, 2.75) is 19.7 Å². The number of rotatable bonds is 3. The predicted molar refractivity (Wildman–Crippen MR) is 55.2 cm³/mol. The molecule has 0 radical (unpaired) electrons. The molecule has 0 atom stereocenters. The summed E-state index contributed by atoms with van der Waals surface area (Å²) in [5, 5.41) is 0. The number of Topliss-reactive ketones (excluding diaryl/α,β-unsaturated/α-hetero) is 1. The van der Waals surface area contributed by atoms with E-state index in [9.17, 15) is 18.0 Å². The third-order valence-corrected chi connectivity index (χ3v) is 2.61. The van der Waals surface area contributed by atoms with Crippen molar-refractivity contribution in [2.24, 2.45) is 0 Å². The molecule has 0 unspecified atom stereocenters. The summed E-state index contributed by atoms with van der Waals surface area (Å²) >= 11 is 2.99. The van der Waals surface area contributed by atoms with E-state index in [0.717, 1.165) is 0 Å². The second kappa shape index (κ2) is 4.86. The molecule has 1 rings (SSSR count). The van der Waals surface area contributed by atoms with Crippen molar-refractivity contribution in [3.63, 3.8) is 0 Å². The minimum absolute atomic E-state index is 0.0651. The Hall–Kier alpha value is -1.04. The van der Waals surface area contributed by atoms with Crippen LogP contribution in [-0.2, 0) is 11.2 Å². The smallest absolute Gasteiger partial charge is 0.405 e. The van der Waals surface area contributed by atoms with Gasteiger partial charge in [0.15, 0.2) is 0 Å². The molecule has 0 aliphatic heterocycles. The van der Waals surface area contributed by atoms with Gasteiger partial charge < -0.3 is 4.74 Å². The number of alkyl halides is 3. The predicted octanol–water partition coefficient (Wildman–Crippen LogP) is 3.48. The van der Waals surface area contributed by atoms with Gasteiger partial charge in [0.1, 0.15) is 11.5 Å². The van der Waals surface area contributed by atoms with Gasteiger partial charge in [-0.3, -0.25) is 4.79 Å². The third kappa shape index (κ3) is 3.84. The van der Waals surface area contributed by atoms with Crippen LogP contribution in [0.4, 0.5) is 13.2 Å². The van der Waals surface area contributed by atoms with Crippen LogP contribution in [0.2, 0.25) is 0 Å². The highest BCUT2D eigenvalue weighted by Gasteiger charge is 2.32. The second-order valence-electron chi connectivity index (χ2n) is 3.16. The fourth-order valence-electron chi connectivity index (χ4n) is 1.16. The van der Waals surface area contributed by atoms with Crippen LogP contribution in [0.5, 0.6) is 5.75 Å². The lowest BCUT2D eigenvalue weighted by Crippen LogP contribution is -2.17. The summed E-state index contributed by atoms with van der Waals surface area (Å²) in [6.45, 7) is 1.36. The number of ketones is 1. The molecule has 2 nitrogen and oxygen atoms in total. The Labute approximate surface area is 98.5 Å². The van der Waals surface area contributed by atoms with Crippen molar-refractivity contribution in [3.05, 3.63) is 28.2 Å². The molecule has 0 amide bonds. The summed E-state index contributed by atoms with van der Waals surface area (Å²) in [7, 11) is 0. The van der Waals surface area contributed by atoms with E-state index in [0.29, 0.717) is 5.56 Å². The molecule has 0 heterocycles. The van der Waals surface area contributed by atoms with Crippen LogP contribution in [0.25, 0.3) is 0 Å². The Kier molecular flexibility index (Phi) is 3.96. The topological polar surface area (TPSA) is 26.3 Å². The van der Waals surface area contributed by atoms with E-state index in [1.54, 1.807) is 6.07 Å². The molecule has 0 spiro atoms. The minimum atomic E-state index is -4.74. The van der Waals surface area contributed by atoms with Crippen LogP contribution in [0.15, 0.2) is 22.7 Å². The minimum Gasteiger partial charge on any atom is -0.405 e. The van der Waals surface area contributed by atoms with E-state index in [2.05, 4.69) is 20.7 Å². The van der Waals surface area contributed by atoms with Crippen molar-refractivity contribution in [1.29, 1.82) is 0 Å². The maximum absolute atomic E-state index is 12.0. The fraction of sp³-hybridized carbons (Fsp3) is 0.300. The lowest BCUT2D eigenvalue weighted by Gasteiger charge is -2.12. The van der Waals surface area contributed by atoms with Gasteiger partial charge in [-0.2, -0.15) is 0 Å². The van der Waals surface area contributed by atoms with Crippen molar-refractivity contribution < 1.29 is 22.7 Å². The summed E-state index contributed by atoms with van der Waals surface area (Å²) < 4.78 is 40.0. The van der Waals surface area contributed by atoms with Gasteiger partial charge in [-0.1, -0.05) is 12.1 Å². The first-order chi connectivity index (χ1) is 7.29. The van der Waals surface area contributed by atoms with Gasteiger partial charge in [0.05, 0.1) is 4.47 Å². The van der Waals surface area contributed by atoms with Crippen LogP contribution in [0, 0.1) is 0 Å². The Morgan fingerprint density at radius 2 is 2.06 bits per heavy atom. The molecule has 0 aliphatic rings. The van der Waals surface area contributed by atoms with E-state index >= 15 is 0 Å². The largest absolute Gasteiger partial charge is 0.573 e. The van der Waals surface area contributed by atoms with Gasteiger partial charge in [-0.25, -0.2) is 0 Å². The first kappa shape index (κ1) is 13.0. The Morgan fingerprint density at radius 3 is 2.56 bits per heavy atom. The van der Waals surface area contributed by atoms with Gasteiger partial charge in [-0.05, 0) is 34.5 Å².